The summed E-state index contributed by atoms with van der Waals surface area (Å²) in [5, 5.41) is 5.04. The van der Waals surface area contributed by atoms with E-state index in [2.05, 4.69) is 9.97 Å². The van der Waals surface area contributed by atoms with Crippen molar-refractivity contribution in [1.29, 1.82) is 0 Å². The molecule has 0 radical (unpaired) electrons. The van der Waals surface area contributed by atoms with E-state index in [1.807, 2.05) is 12.1 Å². The summed E-state index contributed by atoms with van der Waals surface area (Å²) < 4.78 is 22.8. The molecule has 7 nitrogen and oxygen atoms in total. The van der Waals surface area contributed by atoms with Gasteiger partial charge in [-0.3, -0.25) is 4.79 Å². The number of amides is 1. The van der Waals surface area contributed by atoms with Crippen LogP contribution in [-0.2, 0) is 14.8 Å². The third kappa shape index (κ3) is 2.99. The lowest BCUT2D eigenvalue weighted by Gasteiger charge is -2.16. The summed E-state index contributed by atoms with van der Waals surface area (Å²) in [6, 6.07) is 5.45. The molecular weight excluding hydrogens is 312 g/mol. The third-order valence-electron chi connectivity index (χ3n) is 3.48. The molecule has 21 heavy (non-hydrogen) atoms. The Morgan fingerprint density at radius 3 is 2.76 bits per heavy atom. The summed E-state index contributed by atoms with van der Waals surface area (Å²) in [7, 11) is -3.57. The van der Waals surface area contributed by atoms with E-state index in [1.54, 1.807) is 11.0 Å². The summed E-state index contributed by atoms with van der Waals surface area (Å²) in [5.41, 5.74) is 2.38. The number of sulfonamides is 1. The summed E-state index contributed by atoms with van der Waals surface area (Å²) >= 11 is 5.02. The smallest absolute Gasteiger partial charge is 0.227 e. The number of hydrogen-bond donors (Lipinski definition) is 3. The van der Waals surface area contributed by atoms with Gasteiger partial charge in [-0.1, -0.05) is 0 Å². The number of nitrogens with two attached hydrogens (primary N) is 1. The van der Waals surface area contributed by atoms with Crippen LogP contribution in [0.15, 0.2) is 18.2 Å². The van der Waals surface area contributed by atoms with Crippen LogP contribution in [0.5, 0.6) is 0 Å². The first-order valence-corrected chi connectivity index (χ1v) is 8.47. The first kappa shape index (κ1) is 14.2. The fourth-order valence-corrected chi connectivity index (χ4v) is 3.76. The minimum absolute atomic E-state index is 0.0999. The lowest BCUT2D eigenvalue weighted by atomic mass is 10.1. The van der Waals surface area contributed by atoms with Crippen molar-refractivity contribution in [3.05, 3.63) is 23.0 Å². The number of benzene rings is 1. The Bertz CT molecular complexity index is 868. The van der Waals surface area contributed by atoms with Gasteiger partial charge in [-0.15, -0.1) is 0 Å². The van der Waals surface area contributed by atoms with Gasteiger partial charge in [0.05, 0.1) is 16.8 Å². The highest BCUT2D eigenvalue weighted by Crippen LogP contribution is 2.27. The van der Waals surface area contributed by atoms with Crippen LogP contribution in [0.2, 0.25) is 0 Å². The number of aromatic nitrogens is 2. The lowest BCUT2D eigenvalue weighted by molar-refractivity contribution is -0.117. The Morgan fingerprint density at radius 2 is 2.05 bits per heavy atom. The van der Waals surface area contributed by atoms with E-state index in [4.69, 9.17) is 17.4 Å². The highest BCUT2D eigenvalue weighted by Gasteiger charge is 2.32. The first-order valence-electron chi connectivity index (χ1n) is 6.35. The number of imidazole rings is 1. The van der Waals surface area contributed by atoms with E-state index >= 15 is 0 Å². The maximum Gasteiger partial charge on any atom is 0.227 e. The standard InChI is InChI=1S/C12H14N4O3S2/c13-21(18,19)6-7-3-11(17)16(5-7)8-1-2-9-10(4-8)15-12(20)14-9/h1-2,4,7H,3,5-6H2,(H2,13,18,19)(H2,14,15,20). The predicted molar refractivity (Wildman–Crippen MR) is 81.9 cm³/mol. The van der Waals surface area contributed by atoms with Gasteiger partial charge in [0.15, 0.2) is 4.77 Å². The van der Waals surface area contributed by atoms with Crippen LogP contribution in [-0.4, -0.2) is 36.6 Å². The zero-order chi connectivity index (χ0) is 15.2. The van der Waals surface area contributed by atoms with Crippen molar-refractivity contribution in [2.24, 2.45) is 11.1 Å². The summed E-state index contributed by atoms with van der Waals surface area (Å²) in [6.07, 6.45) is 0.192. The van der Waals surface area contributed by atoms with Crippen molar-refractivity contribution in [2.75, 3.05) is 17.2 Å². The van der Waals surface area contributed by atoms with Crippen LogP contribution >= 0.6 is 12.2 Å². The zero-order valence-corrected chi connectivity index (χ0v) is 12.6. The molecule has 2 aromatic rings. The Hall–Kier alpha value is -1.71. The number of primary sulfonamides is 1. The van der Waals surface area contributed by atoms with Gasteiger partial charge < -0.3 is 14.9 Å². The van der Waals surface area contributed by atoms with Gasteiger partial charge in [0, 0.05) is 24.6 Å². The van der Waals surface area contributed by atoms with Crippen LogP contribution in [0.4, 0.5) is 5.69 Å². The SMILES string of the molecule is NS(=O)(=O)CC1CC(=O)N(c2ccc3[nH]c(=S)[nH]c3c2)C1. The van der Waals surface area contributed by atoms with E-state index in [-0.39, 0.29) is 24.0 Å². The quantitative estimate of drug-likeness (QED) is 0.726. The second kappa shape index (κ2) is 4.93. The Balaban J connectivity index is 1.88. The highest BCUT2D eigenvalue weighted by molar-refractivity contribution is 7.89. The van der Waals surface area contributed by atoms with Crippen LogP contribution in [0.3, 0.4) is 0 Å². The molecular formula is C12H14N4O3S2. The predicted octanol–water partition coefficient (Wildman–Crippen LogP) is 0.867. The summed E-state index contributed by atoms with van der Waals surface area (Å²) in [6.45, 7) is 0.353. The molecule has 1 saturated heterocycles. The van der Waals surface area contributed by atoms with Crippen molar-refractivity contribution in [1.82, 2.24) is 9.97 Å². The molecule has 3 rings (SSSR count). The van der Waals surface area contributed by atoms with Gasteiger partial charge in [-0.25, -0.2) is 13.6 Å². The number of nitrogens with one attached hydrogen (secondary N) is 2. The second-order valence-corrected chi connectivity index (χ2v) is 7.28. The average Bonchev–Trinajstić information content (AvgIpc) is 2.88. The molecule has 1 aromatic heterocycles. The molecule has 1 fully saturated rings. The molecule has 0 saturated carbocycles. The van der Waals surface area contributed by atoms with Crippen molar-refractivity contribution in [3.8, 4) is 0 Å². The monoisotopic (exact) mass is 326 g/mol. The number of carbonyl (C=O) groups excluding carboxylic acids is 1. The fourth-order valence-electron chi connectivity index (χ4n) is 2.66. The molecule has 112 valence electrons. The van der Waals surface area contributed by atoms with Crippen LogP contribution in [0, 0.1) is 10.7 Å². The number of hydrogen-bond acceptors (Lipinski definition) is 4. The van der Waals surface area contributed by atoms with Crippen molar-refractivity contribution < 1.29 is 13.2 Å². The number of nitrogens with zero attached hydrogens (tertiary/aromatic N) is 1. The molecule has 1 unspecified atom stereocenters. The third-order valence-corrected chi connectivity index (χ3v) is 4.62. The van der Waals surface area contributed by atoms with Crippen molar-refractivity contribution in [3.63, 3.8) is 0 Å². The Kier molecular flexibility index (Phi) is 3.34. The van der Waals surface area contributed by atoms with E-state index < -0.39 is 10.0 Å². The van der Waals surface area contributed by atoms with Gasteiger partial charge >= 0.3 is 0 Å². The molecule has 0 aliphatic carbocycles. The van der Waals surface area contributed by atoms with E-state index in [9.17, 15) is 13.2 Å². The fraction of sp³-hybridized carbons (Fsp3) is 0.333. The molecule has 1 amide bonds. The largest absolute Gasteiger partial charge is 0.331 e. The number of H-pyrrole nitrogens is 2. The zero-order valence-electron chi connectivity index (χ0n) is 11.0. The number of carbonyl (C=O) groups is 1. The van der Waals surface area contributed by atoms with E-state index in [0.717, 1.165) is 16.7 Å². The highest BCUT2D eigenvalue weighted by atomic mass is 32.2. The molecule has 2 heterocycles. The maximum atomic E-state index is 12.1. The summed E-state index contributed by atoms with van der Waals surface area (Å²) in [5.74, 6) is -0.547. The van der Waals surface area contributed by atoms with Gasteiger partial charge in [0.25, 0.3) is 0 Å². The molecule has 1 aromatic carbocycles. The lowest BCUT2D eigenvalue weighted by Crippen LogP contribution is -2.27. The van der Waals surface area contributed by atoms with Crippen molar-refractivity contribution >= 4 is 44.9 Å². The maximum absolute atomic E-state index is 12.1. The minimum Gasteiger partial charge on any atom is -0.331 e. The number of aromatic amines is 2. The van der Waals surface area contributed by atoms with Gasteiger partial charge in [0.1, 0.15) is 0 Å². The second-order valence-electron chi connectivity index (χ2n) is 5.21. The van der Waals surface area contributed by atoms with Gasteiger partial charge in [0.2, 0.25) is 15.9 Å². The van der Waals surface area contributed by atoms with E-state index in [1.165, 1.54) is 0 Å². The molecule has 0 bridgehead atoms. The molecule has 0 spiro atoms. The number of fused-ring (bicyclic) bond motifs is 1. The van der Waals surface area contributed by atoms with Gasteiger partial charge in [-0.05, 0) is 30.4 Å². The molecule has 1 aliphatic rings. The van der Waals surface area contributed by atoms with Crippen LogP contribution < -0.4 is 10.0 Å². The Labute approximate surface area is 126 Å². The molecule has 9 heteroatoms. The number of rotatable bonds is 3. The summed E-state index contributed by atoms with van der Waals surface area (Å²) in [4.78, 5) is 19.6. The van der Waals surface area contributed by atoms with Crippen molar-refractivity contribution in [2.45, 2.75) is 6.42 Å². The minimum atomic E-state index is -3.57. The number of anilines is 1. The van der Waals surface area contributed by atoms with Crippen LogP contribution in [0.25, 0.3) is 11.0 Å². The molecule has 1 atom stereocenters. The normalized spacial score (nSPS) is 19.6. The van der Waals surface area contributed by atoms with E-state index in [0.29, 0.717) is 11.3 Å². The molecule has 4 N–H and O–H groups in total. The van der Waals surface area contributed by atoms with Gasteiger partial charge in [-0.2, -0.15) is 0 Å². The first-order chi connectivity index (χ1) is 9.82. The Morgan fingerprint density at radius 1 is 1.33 bits per heavy atom. The van der Waals surface area contributed by atoms with Crippen LogP contribution in [0.1, 0.15) is 6.42 Å². The average molecular weight is 326 g/mol. The topological polar surface area (TPSA) is 112 Å². The molecule has 1 aliphatic heterocycles.